The lowest BCUT2D eigenvalue weighted by Gasteiger charge is -2.27. The minimum Gasteiger partial charge on any atom is -0.300 e. The summed E-state index contributed by atoms with van der Waals surface area (Å²) in [5, 5.41) is 0. The molecule has 2 nitrogen and oxygen atoms in total. The fraction of sp³-hybridized carbons (Fsp3) is 0.857. The highest BCUT2D eigenvalue weighted by Gasteiger charge is 2.31. The molecule has 96 valence electrons. The molecule has 2 unspecified atom stereocenters. The lowest BCUT2D eigenvalue weighted by atomic mass is 9.75. The Kier molecular flexibility index (Phi) is 12.0. The lowest BCUT2D eigenvalue weighted by Crippen LogP contribution is -2.30. The van der Waals surface area contributed by atoms with Gasteiger partial charge < -0.3 is 0 Å². The topological polar surface area (TPSA) is 34.1 Å². The summed E-state index contributed by atoms with van der Waals surface area (Å²) in [5.74, 6) is 0.428. The van der Waals surface area contributed by atoms with Crippen molar-refractivity contribution in [3.05, 3.63) is 0 Å². The molecule has 0 aromatic rings. The van der Waals surface area contributed by atoms with Crippen molar-refractivity contribution in [2.75, 3.05) is 0 Å². The normalized spacial score (nSPS) is 23.1. The first kappa shape index (κ1) is 17.7. The molecule has 0 saturated heterocycles. The molecule has 0 aromatic carbocycles. The van der Waals surface area contributed by atoms with Crippen LogP contribution in [0.5, 0.6) is 0 Å². The minimum absolute atomic E-state index is 0.0243. The quantitative estimate of drug-likeness (QED) is 0.715. The summed E-state index contributed by atoms with van der Waals surface area (Å²) in [7, 11) is 0. The number of ketones is 2. The first-order valence-electron chi connectivity index (χ1n) is 6.64. The van der Waals surface area contributed by atoms with Gasteiger partial charge in [-0.3, -0.25) is 9.59 Å². The van der Waals surface area contributed by atoms with Gasteiger partial charge in [0.25, 0.3) is 0 Å². The van der Waals surface area contributed by atoms with Crippen molar-refractivity contribution in [2.45, 2.75) is 67.2 Å². The average molecular weight is 228 g/mol. The van der Waals surface area contributed by atoms with Crippen molar-refractivity contribution in [2.24, 2.45) is 11.8 Å². The molecule has 1 fully saturated rings. The van der Waals surface area contributed by atoms with Crippen LogP contribution in [-0.2, 0) is 9.59 Å². The van der Waals surface area contributed by atoms with Crippen molar-refractivity contribution in [3.63, 3.8) is 0 Å². The van der Waals surface area contributed by atoms with Crippen LogP contribution in [0.4, 0.5) is 0 Å². The maximum Gasteiger partial charge on any atom is 0.133 e. The smallest absolute Gasteiger partial charge is 0.133 e. The third-order valence-corrected chi connectivity index (χ3v) is 2.81. The van der Waals surface area contributed by atoms with Crippen LogP contribution in [0.1, 0.15) is 67.2 Å². The zero-order valence-corrected chi connectivity index (χ0v) is 11.8. The van der Waals surface area contributed by atoms with Crippen LogP contribution in [0.15, 0.2) is 0 Å². The number of rotatable bonds is 2. The Morgan fingerprint density at radius 3 is 1.19 bits per heavy atom. The molecule has 0 aromatic heterocycles. The summed E-state index contributed by atoms with van der Waals surface area (Å²) in [6.45, 7) is 11.2. The van der Waals surface area contributed by atoms with Gasteiger partial charge in [0.05, 0.1) is 0 Å². The van der Waals surface area contributed by atoms with Gasteiger partial charge in [0.1, 0.15) is 11.6 Å². The van der Waals surface area contributed by atoms with Crippen LogP contribution in [0.2, 0.25) is 0 Å². The summed E-state index contributed by atoms with van der Waals surface area (Å²) in [6, 6.07) is 0. The van der Waals surface area contributed by atoms with Gasteiger partial charge in [-0.2, -0.15) is 0 Å². The van der Waals surface area contributed by atoms with Crippen molar-refractivity contribution < 1.29 is 9.59 Å². The van der Waals surface area contributed by atoms with E-state index in [1.165, 1.54) is 0 Å². The van der Waals surface area contributed by atoms with Crippen molar-refractivity contribution in [1.29, 1.82) is 0 Å². The van der Waals surface area contributed by atoms with E-state index in [0.717, 1.165) is 25.7 Å². The van der Waals surface area contributed by atoms with Crippen molar-refractivity contribution >= 4 is 11.6 Å². The molecule has 2 atom stereocenters. The number of hydrogen-bond acceptors (Lipinski definition) is 2. The minimum atomic E-state index is 0.0243. The molecule has 0 heterocycles. The highest BCUT2D eigenvalue weighted by Crippen LogP contribution is 2.31. The number of Topliss-reactive ketones (excluding diaryl/α,β-unsaturated/α-hetero) is 2. The first-order valence-corrected chi connectivity index (χ1v) is 6.64. The van der Waals surface area contributed by atoms with Gasteiger partial charge in [0, 0.05) is 11.8 Å². The zero-order valence-electron chi connectivity index (χ0n) is 11.8. The lowest BCUT2D eigenvalue weighted by molar-refractivity contribution is -0.131. The zero-order chi connectivity index (χ0) is 13.1. The fourth-order valence-corrected chi connectivity index (χ4v) is 2.10. The van der Waals surface area contributed by atoms with E-state index in [1.807, 2.05) is 27.7 Å². The molecule has 1 saturated carbocycles. The first-order chi connectivity index (χ1) is 7.63. The third kappa shape index (κ3) is 6.04. The second kappa shape index (κ2) is 10.8. The number of carbonyl (C=O) groups excluding carboxylic acids is 2. The van der Waals surface area contributed by atoms with E-state index in [0.29, 0.717) is 0 Å². The standard InChI is InChI=1S/C10H16O2.2C2H6/c1-7(11)9-5-3-4-6-10(9)8(2)12;2*1-2/h9-10H,3-6H2,1-2H3;2*1-2H3. The van der Waals surface area contributed by atoms with Gasteiger partial charge in [-0.25, -0.2) is 0 Å². The van der Waals surface area contributed by atoms with Gasteiger partial charge in [0.15, 0.2) is 0 Å². The molecule has 0 spiro atoms. The maximum atomic E-state index is 11.2. The Bertz CT molecular complexity index is 175. The molecular weight excluding hydrogens is 200 g/mol. The van der Waals surface area contributed by atoms with E-state index in [1.54, 1.807) is 13.8 Å². The van der Waals surface area contributed by atoms with E-state index < -0.39 is 0 Å². The largest absolute Gasteiger partial charge is 0.300 e. The van der Waals surface area contributed by atoms with Gasteiger partial charge in [-0.15, -0.1) is 0 Å². The Hall–Kier alpha value is -0.660. The molecule has 0 N–H and O–H groups in total. The van der Waals surface area contributed by atoms with Crippen LogP contribution in [-0.4, -0.2) is 11.6 Å². The van der Waals surface area contributed by atoms with E-state index in [-0.39, 0.29) is 23.4 Å². The molecule has 1 rings (SSSR count). The van der Waals surface area contributed by atoms with Crippen molar-refractivity contribution in [3.8, 4) is 0 Å². The average Bonchev–Trinajstić information content (AvgIpc) is 2.34. The summed E-state index contributed by atoms with van der Waals surface area (Å²) in [5.41, 5.74) is 0. The monoisotopic (exact) mass is 228 g/mol. The molecule has 0 amide bonds. The maximum absolute atomic E-state index is 11.2. The Morgan fingerprint density at radius 2 is 1.00 bits per heavy atom. The van der Waals surface area contributed by atoms with Crippen LogP contribution < -0.4 is 0 Å². The van der Waals surface area contributed by atoms with E-state index >= 15 is 0 Å². The van der Waals surface area contributed by atoms with Gasteiger partial charge >= 0.3 is 0 Å². The van der Waals surface area contributed by atoms with Crippen LogP contribution in [0.3, 0.4) is 0 Å². The van der Waals surface area contributed by atoms with Crippen LogP contribution in [0, 0.1) is 11.8 Å². The molecule has 1 aliphatic rings. The Morgan fingerprint density at radius 1 is 0.750 bits per heavy atom. The van der Waals surface area contributed by atoms with Crippen LogP contribution >= 0.6 is 0 Å². The third-order valence-electron chi connectivity index (χ3n) is 2.81. The number of hydrogen-bond donors (Lipinski definition) is 0. The predicted octanol–water partition coefficient (Wildman–Crippen LogP) is 4.02. The summed E-state index contributed by atoms with van der Waals surface area (Å²) in [4.78, 5) is 22.3. The molecule has 16 heavy (non-hydrogen) atoms. The Labute approximate surface area is 101 Å². The molecule has 2 heteroatoms. The highest BCUT2D eigenvalue weighted by molar-refractivity contribution is 5.87. The van der Waals surface area contributed by atoms with E-state index in [9.17, 15) is 9.59 Å². The van der Waals surface area contributed by atoms with Crippen molar-refractivity contribution in [1.82, 2.24) is 0 Å². The van der Waals surface area contributed by atoms with Gasteiger partial charge in [0.2, 0.25) is 0 Å². The summed E-state index contributed by atoms with van der Waals surface area (Å²) < 4.78 is 0. The second-order valence-corrected chi connectivity index (χ2v) is 3.72. The second-order valence-electron chi connectivity index (χ2n) is 3.72. The summed E-state index contributed by atoms with van der Waals surface area (Å²) in [6.07, 6.45) is 4.04. The van der Waals surface area contributed by atoms with Crippen LogP contribution in [0.25, 0.3) is 0 Å². The van der Waals surface area contributed by atoms with E-state index in [4.69, 9.17) is 0 Å². The molecule has 0 aliphatic heterocycles. The fourth-order valence-electron chi connectivity index (χ4n) is 2.10. The molecule has 0 bridgehead atoms. The highest BCUT2D eigenvalue weighted by atomic mass is 16.1. The van der Waals surface area contributed by atoms with Gasteiger partial charge in [-0.1, -0.05) is 40.5 Å². The number of carbonyl (C=O) groups is 2. The van der Waals surface area contributed by atoms with Gasteiger partial charge in [-0.05, 0) is 26.7 Å². The van der Waals surface area contributed by atoms with E-state index in [2.05, 4.69) is 0 Å². The molecule has 1 aliphatic carbocycles. The predicted molar refractivity (Wildman–Crippen MR) is 69.5 cm³/mol. The SMILES string of the molecule is CC.CC.CC(=O)C1CCCCC1C(C)=O. The molecule has 0 radical (unpaired) electrons. The Balaban J connectivity index is 0. The molecular formula is C14H28O2. The summed E-state index contributed by atoms with van der Waals surface area (Å²) >= 11 is 0.